The number of thiocarbonyl (C=S) groups is 1. The first-order valence-electron chi connectivity index (χ1n) is 14.1. The number of morpholine rings is 1. The number of rotatable bonds is 11. The monoisotopic (exact) mass is 548 g/mol. The maximum atomic E-state index is 10.5. The lowest BCUT2D eigenvalue weighted by Crippen LogP contribution is -2.43. The molecule has 0 bridgehead atoms. The van der Waals surface area contributed by atoms with E-state index in [1.165, 1.54) is 16.5 Å². The molecule has 2 aliphatic heterocycles. The SMILES string of the molecule is COc1ccc2ncc(CN3CCOCC3)c(CCCC3(CO)CCN(CC(=S)c4ccccn4)CC3)c2c1. The molecule has 2 aromatic heterocycles. The second-order valence-electron chi connectivity index (χ2n) is 11.0. The zero-order valence-electron chi connectivity index (χ0n) is 23.0. The molecule has 39 heavy (non-hydrogen) atoms. The fourth-order valence-corrected chi connectivity index (χ4v) is 6.25. The highest BCUT2D eigenvalue weighted by atomic mass is 32.1. The molecule has 7 nitrogen and oxygen atoms in total. The van der Waals surface area contributed by atoms with Gasteiger partial charge in [0, 0.05) is 50.6 Å². The van der Waals surface area contributed by atoms with Crippen LogP contribution in [0.2, 0.25) is 0 Å². The number of methoxy groups -OCH3 is 1. The van der Waals surface area contributed by atoms with Gasteiger partial charge < -0.3 is 14.6 Å². The lowest BCUT2D eigenvalue weighted by Gasteiger charge is -2.41. The molecule has 4 heterocycles. The van der Waals surface area contributed by atoms with Crippen LogP contribution in [-0.4, -0.2) is 89.4 Å². The number of hydrogen-bond acceptors (Lipinski definition) is 8. The molecule has 2 aliphatic rings. The number of likely N-dealkylation sites (tertiary alicyclic amines) is 1. The van der Waals surface area contributed by atoms with Gasteiger partial charge in [0.2, 0.25) is 0 Å². The van der Waals surface area contributed by atoms with E-state index in [-0.39, 0.29) is 12.0 Å². The van der Waals surface area contributed by atoms with Gasteiger partial charge in [-0.3, -0.25) is 19.8 Å². The van der Waals surface area contributed by atoms with Crippen molar-refractivity contribution < 1.29 is 14.6 Å². The Kier molecular flexibility index (Phi) is 9.53. The second-order valence-corrected chi connectivity index (χ2v) is 11.5. The minimum atomic E-state index is -0.0337. The Morgan fingerprint density at radius 2 is 1.90 bits per heavy atom. The number of fused-ring (bicyclic) bond motifs is 1. The van der Waals surface area contributed by atoms with Crippen molar-refractivity contribution in [3.05, 3.63) is 65.6 Å². The molecule has 1 N–H and O–H groups in total. The Morgan fingerprint density at radius 1 is 1.08 bits per heavy atom. The fourth-order valence-electron chi connectivity index (χ4n) is 5.95. The molecule has 0 saturated carbocycles. The van der Waals surface area contributed by atoms with Crippen LogP contribution >= 0.6 is 12.2 Å². The van der Waals surface area contributed by atoms with E-state index < -0.39 is 0 Å². The number of pyridine rings is 2. The highest BCUT2D eigenvalue weighted by Gasteiger charge is 2.34. The minimum Gasteiger partial charge on any atom is -0.497 e. The smallest absolute Gasteiger partial charge is 0.119 e. The zero-order chi connectivity index (χ0) is 27.1. The number of hydrogen-bond donors (Lipinski definition) is 1. The van der Waals surface area contributed by atoms with Crippen LogP contribution < -0.4 is 4.74 Å². The summed E-state index contributed by atoms with van der Waals surface area (Å²) in [6.45, 7) is 7.23. The van der Waals surface area contributed by atoms with Crippen LogP contribution in [0.1, 0.15) is 42.5 Å². The molecule has 0 spiro atoms. The summed E-state index contributed by atoms with van der Waals surface area (Å²) >= 11 is 5.66. The number of nitrogens with zero attached hydrogens (tertiary/aromatic N) is 4. The lowest BCUT2D eigenvalue weighted by molar-refractivity contribution is 0.0339. The molecular weight excluding hydrogens is 508 g/mol. The Labute approximate surface area is 237 Å². The normalized spacial score (nSPS) is 18.3. The first-order chi connectivity index (χ1) is 19.1. The fraction of sp³-hybridized carbons (Fsp3) is 0.516. The molecule has 0 atom stereocenters. The van der Waals surface area contributed by atoms with Crippen LogP contribution in [0.25, 0.3) is 10.9 Å². The van der Waals surface area contributed by atoms with Crippen molar-refractivity contribution in [3.63, 3.8) is 0 Å². The van der Waals surface area contributed by atoms with Crippen LogP contribution in [0.5, 0.6) is 5.75 Å². The average molecular weight is 549 g/mol. The highest BCUT2D eigenvalue weighted by molar-refractivity contribution is 7.80. The molecule has 2 fully saturated rings. The number of piperidine rings is 1. The summed E-state index contributed by atoms with van der Waals surface area (Å²) in [5.74, 6) is 0.858. The van der Waals surface area contributed by atoms with Gasteiger partial charge in [-0.15, -0.1) is 0 Å². The van der Waals surface area contributed by atoms with Gasteiger partial charge in [-0.2, -0.15) is 0 Å². The van der Waals surface area contributed by atoms with Crippen LogP contribution in [-0.2, 0) is 17.7 Å². The van der Waals surface area contributed by atoms with E-state index in [0.717, 1.165) is 106 Å². The molecule has 8 heteroatoms. The van der Waals surface area contributed by atoms with Crippen molar-refractivity contribution >= 4 is 28.0 Å². The topological polar surface area (TPSA) is 71.0 Å². The number of benzene rings is 1. The van der Waals surface area contributed by atoms with E-state index in [9.17, 15) is 5.11 Å². The molecule has 0 unspecified atom stereocenters. The summed E-state index contributed by atoms with van der Waals surface area (Å²) in [6, 6.07) is 12.0. The van der Waals surface area contributed by atoms with Crippen LogP contribution in [0.4, 0.5) is 0 Å². The zero-order valence-corrected chi connectivity index (χ0v) is 23.8. The first-order valence-corrected chi connectivity index (χ1v) is 14.5. The predicted octanol–water partition coefficient (Wildman–Crippen LogP) is 4.29. The van der Waals surface area contributed by atoms with E-state index in [1.54, 1.807) is 13.3 Å². The van der Waals surface area contributed by atoms with Gasteiger partial charge in [0.25, 0.3) is 0 Å². The molecule has 0 radical (unpaired) electrons. The Hall–Kier alpha value is -2.49. The summed E-state index contributed by atoms with van der Waals surface area (Å²) in [6.07, 6.45) is 8.82. The van der Waals surface area contributed by atoms with E-state index >= 15 is 0 Å². The van der Waals surface area contributed by atoms with E-state index in [1.807, 2.05) is 24.3 Å². The van der Waals surface area contributed by atoms with E-state index in [4.69, 9.17) is 26.7 Å². The average Bonchev–Trinajstić information content (AvgIpc) is 2.99. The van der Waals surface area contributed by atoms with Crippen molar-refractivity contribution in [3.8, 4) is 5.75 Å². The van der Waals surface area contributed by atoms with Gasteiger partial charge in [-0.05, 0) is 92.1 Å². The maximum absolute atomic E-state index is 10.5. The van der Waals surface area contributed by atoms with E-state index in [2.05, 4.69) is 33.1 Å². The third kappa shape index (κ3) is 6.99. The molecule has 5 rings (SSSR count). The quantitative estimate of drug-likeness (QED) is 0.281. The Balaban J connectivity index is 1.25. The van der Waals surface area contributed by atoms with Gasteiger partial charge in [0.05, 0.1) is 36.4 Å². The molecule has 0 aliphatic carbocycles. The number of aliphatic hydroxyl groups is 1. The Morgan fingerprint density at radius 3 is 2.62 bits per heavy atom. The minimum absolute atomic E-state index is 0.0337. The summed E-state index contributed by atoms with van der Waals surface area (Å²) in [5, 5.41) is 11.7. The number of aromatic nitrogens is 2. The van der Waals surface area contributed by atoms with Gasteiger partial charge in [0.1, 0.15) is 5.75 Å². The van der Waals surface area contributed by atoms with Crippen LogP contribution in [0, 0.1) is 5.41 Å². The van der Waals surface area contributed by atoms with Crippen molar-refractivity contribution in [2.24, 2.45) is 5.41 Å². The Bertz CT molecular complexity index is 1240. The van der Waals surface area contributed by atoms with Gasteiger partial charge in [-0.1, -0.05) is 18.3 Å². The summed E-state index contributed by atoms with van der Waals surface area (Å²) in [4.78, 5) is 14.9. The summed E-state index contributed by atoms with van der Waals surface area (Å²) < 4.78 is 11.1. The molecule has 1 aromatic carbocycles. The van der Waals surface area contributed by atoms with Gasteiger partial charge >= 0.3 is 0 Å². The van der Waals surface area contributed by atoms with Crippen molar-refractivity contribution in [2.75, 3.05) is 59.7 Å². The second kappa shape index (κ2) is 13.2. The van der Waals surface area contributed by atoms with Gasteiger partial charge in [0.15, 0.2) is 0 Å². The third-order valence-electron chi connectivity index (χ3n) is 8.48. The standard InChI is InChI=1S/C31H40N4O3S/c1-37-25-7-8-28-27(19-25)26(24(20-33-28)21-35-15-17-38-18-16-35)5-4-9-31(23-36)10-13-34(14-11-31)22-30(39)29-6-2-3-12-32-29/h2-3,6-8,12,19-20,36H,4-5,9-11,13-18,21-23H2,1H3. The highest BCUT2D eigenvalue weighted by Crippen LogP contribution is 2.37. The number of aliphatic hydroxyl groups excluding tert-OH is 1. The molecular formula is C31H40N4O3S. The molecule has 0 amide bonds. The third-order valence-corrected chi connectivity index (χ3v) is 8.82. The molecule has 3 aromatic rings. The summed E-state index contributed by atoms with van der Waals surface area (Å²) in [7, 11) is 1.71. The lowest BCUT2D eigenvalue weighted by atomic mass is 9.74. The largest absolute Gasteiger partial charge is 0.497 e. The van der Waals surface area contributed by atoms with Crippen LogP contribution in [0.15, 0.2) is 48.8 Å². The van der Waals surface area contributed by atoms with Crippen molar-refractivity contribution in [2.45, 2.75) is 38.6 Å². The van der Waals surface area contributed by atoms with E-state index in [0.29, 0.717) is 0 Å². The number of aryl methyl sites for hydroxylation is 1. The molecule has 2 saturated heterocycles. The van der Waals surface area contributed by atoms with Crippen molar-refractivity contribution in [1.82, 2.24) is 19.8 Å². The summed E-state index contributed by atoms with van der Waals surface area (Å²) in [5.41, 5.74) is 4.50. The first kappa shape index (κ1) is 28.1. The predicted molar refractivity (Wildman–Crippen MR) is 158 cm³/mol. The molecule has 208 valence electrons. The van der Waals surface area contributed by atoms with Crippen molar-refractivity contribution in [1.29, 1.82) is 0 Å². The number of ether oxygens (including phenoxy) is 2. The van der Waals surface area contributed by atoms with Gasteiger partial charge in [-0.25, -0.2) is 0 Å². The maximum Gasteiger partial charge on any atom is 0.119 e. The van der Waals surface area contributed by atoms with Crippen LogP contribution in [0.3, 0.4) is 0 Å².